The van der Waals surface area contributed by atoms with Crippen LogP contribution in [0.5, 0.6) is 0 Å². The first-order valence-electron chi connectivity index (χ1n) is 5.51. The Morgan fingerprint density at radius 2 is 2.25 bits per heavy atom. The van der Waals surface area contributed by atoms with Crippen molar-refractivity contribution in [2.45, 2.75) is 26.3 Å². The van der Waals surface area contributed by atoms with E-state index in [0.717, 1.165) is 13.0 Å². The zero-order valence-electron chi connectivity index (χ0n) is 9.48. The van der Waals surface area contributed by atoms with Crippen molar-refractivity contribution in [3.05, 3.63) is 28.5 Å². The molecule has 2 heterocycles. The van der Waals surface area contributed by atoms with Crippen LogP contribution >= 0.6 is 15.9 Å². The molecule has 2 unspecified atom stereocenters. The van der Waals surface area contributed by atoms with E-state index in [0.29, 0.717) is 22.3 Å². The van der Waals surface area contributed by atoms with Gasteiger partial charge in [-0.25, -0.2) is 4.98 Å². The Balaban J connectivity index is 2.19. The van der Waals surface area contributed by atoms with E-state index in [1.807, 2.05) is 17.0 Å². The fraction of sp³-hybridized carbons (Fsp3) is 0.500. The van der Waals surface area contributed by atoms with E-state index in [2.05, 4.69) is 34.8 Å². The summed E-state index contributed by atoms with van der Waals surface area (Å²) in [4.78, 5) is 18.3. The molecule has 1 saturated heterocycles. The van der Waals surface area contributed by atoms with Crippen LogP contribution in [-0.2, 0) is 0 Å². The molecule has 3 nitrogen and oxygen atoms in total. The molecule has 2 atom stereocenters. The molecule has 1 aromatic heterocycles. The van der Waals surface area contributed by atoms with Gasteiger partial charge in [-0.3, -0.25) is 4.79 Å². The molecule has 86 valence electrons. The third-order valence-electron chi connectivity index (χ3n) is 2.98. The lowest BCUT2D eigenvalue weighted by molar-refractivity contribution is 0.0737. The van der Waals surface area contributed by atoms with Crippen LogP contribution in [0.15, 0.2) is 22.8 Å². The van der Waals surface area contributed by atoms with Crippen molar-refractivity contribution >= 4 is 21.8 Å². The number of hydrogen-bond acceptors (Lipinski definition) is 2. The van der Waals surface area contributed by atoms with Gasteiger partial charge in [0.1, 0.15) is 10.3 Å². The number of halogens is 1. The molecule has 16 heavy (non-hydrogen) atoms. The van der Waals surface area contributed by atoms with E-state index < -0.39 is 0 Å². The highest BCUT2D eigenvalue weighted by Crippen LogP contribution is 2.24. The van der Waals surface area contributed by atoms with E-state index in [-0.39, 0.29) is 5.91 Å². The minimum absolute atomic E-state index is 0.0400. The van der Waals surface area contributed by atoms with Gasteiger partial charge < -0.3 is 4.90 Å². The second kappa shape index (κ2) is 4.53. The third kappa shape index (κ3) is 2.26. The lowest BCUT2D eigenvalue weighted by atomic mass is 10.1. The monoisotopic (exact) mass is 282 g/mol. The summed E-state index contributed by atoms with van der Waals surface area (Å²) in [6.45, 7) is 5.12. The zero-order valence-corrected chi connectivity index (χ0v) is 11.1. The van der Waals surface area contributed by atoms with Crippen LogP contribution in [0, 0.1) is 5.92 Å². The highest BCUT2D eigenvalue weighted by atomic mass is 79.9. The number of nitrogens with zero attached hydrogens (tertiary/aromatic N) is 2. The van der Waals surface area contributed by atoms with E-state index in [1.165, 1.54) is 0 Å². The SMILES string of the molecule is CC1CC(C)N(C(=O)c2cccc(Br)n2)C1. The maximum absolute atomic E-state index is 12.2. The molecule has 1 aromatic rings. The molecule has 0 N–H and O–H groups in total. The fourth-order valence-corrected chi connectivity index (χ4v) is 2.60. The van der Waals surface area contributed by atoms with Crippen molar-refractivity contribution in [2.75, 3.05) is 6.54 Å². The van der Waals surface area contributed by atoms with Crippen molar-refractivity contribution in [2.24, 2.45) is 5.92 Å². The highest BCUT2D eigenvalue weighted by Gasteiger charge is 2.30. The van der Waals surface area contributed by atoms with Crippen molar-refractivity contribution in [3.8, 4) is 0 Å². The molecule has 2 rings (SSSR count). The second-order valence-electron chi connectivity index (χ2n) is 4.49. The van der Waals surface area contributed by atoms with Crippen LogP contribution in [0.25, 0.3) is 0 Å². The van der Waals surface area contributed by atoms with Gasteiger partial charge in [0.25, 0.3) is 5.91 Å². The minimum Gasteiger partial charge on any atom is -0.334 e. The summed E-state index contributed by atoms with van der Waals surface area (Å²) in [5.41, 5.74) is 0.523. The molecule has 0 bridgehead atoms. The quantitative estimate of drug-likeness (QED) is 0.742. The van der Waals surface area contributed by atoms with Crippen molar-refractivity contribution < 1.29 is 4.79 Å². The second-order valence-corrected chi connectivity index (χ2v) is 5.31. The molecular formula is C12H15BrN2O. The number of carbonyl (C=O) groups excluding carboxylic acids is 1. The molecule has 1 amide bonds. The lowest BCUT2D eigenvalue weighted by Gasteiger charge is -2.20. The van der Waals surface area contributed by atoms with E-state index in [9.17, 15) is 4.79 Å². The summed E-state index contributed by atoms with van der Waals surface area (Å²) in [6, 6.07) is 5.76. The van der Waals surface area contributed by atoms with Crippen molar-refractivity contribution in [1.82, 2.24) is 9.88 Å². The summed E-state index contributed by atoms with van der Waals surface area (Å²) in [5.74, 6) is 0.629. The van der Waals surface area contributed by atoms with Crippen molar-refractivity contribution in [1.29, 1.82) is 0 Å². The van der Waals surface area contributed by atoms with Crippen LogP contribution in [0.3, 0.4) is 0 Å². The summed E-state index contributed by atoms with van der Waals surface area (Å²) in [5, 5.41) is 0. The zero-order chi connectivity index (χ0) is 11.7. The topological polar surface area (TPSA) is 33.2 Å². The lowest BCUT2D eigenvalue weighted by Crippen LogP contribution is -2.34. The number of carbonyl (C=O) groups is 1. The molecule has 1 aliphatic heterocycles. The van der Waals surface area contributed by atoms with Gasteiger partial charge in [-0.05, 0) is 47.3 Å². The largest absolute Gasteiger partial charge is 0.334 e. The van der Waals surface area contributed by atoms with Crippen LogP contribution in [0.2, 0.25) is 0 Å². The predicted molar refractivity (Wildman–Crippen MR) is 66.2 cm³/mol. The molecule has 0 aliphatic carbocycles. The Bertz CT molecular complexity index is 408. The average molecular weight is 283 g/mol. The van der Waals surface area contributed by atoms with Crippen LogP contribution in [0.4, 0.5) is 0 Å². The maximum Gasteiger partial charge on any atom is 0.272 e. The smallest absolute Gasteiger partial charge is 0.272 e. The Morgan fingerprint density at radius 3 is 2.81 bits per heavy atom. The van der Waals surface area contributed by atoms with E-state index >= 15 is 0 Å². The van der Waals surface area contributed by atoms with Crippen molar-refractivity contribution in [3.63, 3.8) is 0 Å². The van der Waals surface area contributed by atoms with Gasteiger partial charge >= 0.3 is 0 Å². The average Bonchev–Trinajstić information content (AvgIpc) is 2.57. The molecule has 1 fully saturated rings. The molecule has 0 saturated carbocycles. The van der Waals surface area contributed by atoms with Gasteiger partial charge in [0.15, 0.2) is 0 Å². The minimum atomic E-state index is 0.0400. The predicted octanol–water partition coefficient (Wildman–Crippen LogP) is 2.71. The number of rotatable bonds is 1. The van der Waals surface area contributed by atoms with Gasteiger partial charge in [0.05, 0.1) is 0 Å². The summed E-state index contributed by atoms with van der Waals surface area (Å²) in [6.07, 6.45) is 1.08. The molecular weight excluding hydrogens is 268 g/mol. The summed E-state index contributed by atoms with van der Waals surface area (Å²) in [7, 11) is 0. The van der Waals surface area contributed by atoms with E-state index in [1.54, 1.807) is 6.07 Å². The summed E-state index contributed by atoms with van der Waals surface area (Å²) < 4.78 is 0.707. The molecule has 0 spiro atoms. The first-order valence-corrected chi connectivity index (χ1v) is 6.30. The van der Waals surface area contributed by atoms with Crippen LogP contribution < -0.4 is 0 Å². The maximum atomic E-state index is 12.2. The first-order chi connectivity index (χ1) is 7.58. The molecule has 1 aliphatic rings. The standard InChI is InChI=1S/C12H15BrN2O/c1-8-6-9(2)15(7-8)12(16)10-4-3-5-11(13)14-10/h3-5,8-9H,6-7H2,1-2H3. The molecule has 4 heteroatoms. The first kappa shape index (κ1) is 11.6. The number of hydrogen-bond donors (Lipinski definition) is 0. The Labute approximate surface area is 104 Å². The van der Waals surface area contributed by atoms with Crippen LogP contribution in [-0.4, -0.2) is 28.4 Å². The molecule has 0 radical (unpaired) electrons. The Kier molecular flexibility index (Phi) is 3.28. The molecule has 0 aromatic carbocycles. The fourth-order valence-electron chi connectivity index (χ4n) is 2.26. The summed E-state index contributed by atoms with van der Waals surface area (Å²) >= 11 is 3.28. The number of likely N-dealkylation sites (tertiary alicyclic amines) is 1. The van der Waals surface area contributed by atoms with E-state index in [4.69, 9.17) is 0 Å². The third-order valence-corrected chi connectivity index (χ3v) is 3.42. The Morgan fingerprint density at radius 1 is 1.50 bits per heavy atom. The van der Waals surface area contributed by atoms with Gasteiger partial charge in [-0.2, -0.15) is 0 Å². The number of pyridine rings is 1. The Hall–Kier alpha value is -0.900. The highest BCUT2D eigenvalue weighted by molar-refractivity contribution is 9.10. The van der Waals surface area contributed by atoms with Gasteiger partial charge in [0, 0.05) is 12.6 Å². The normalized spacial score (nSPS) is 24.8. The van der Waals surface area contributed by atoms with Gasteiger partial charge in [-0.15, -0.1) is 0 Å². The number of aromatic nitrogens is 1. The van der Waals surface area contributed by atoms with Crippen LogP contribution in [0.1, 0.15) is 30.8 Å². The number of amides is 1. The van der Waals surface area contributed by atoms with Gasteiger partial charge in [0.2, 0.25) is 0 Å². The van der Waals surface area contributed by atoms with Gasteiger partial charge in [-0.1, -0.05) is 13.0 Å².